The quantitative estimate of drug-likeness (QED) is 0.665. The summed E-state index contributed by atoms with van der Waals surface area (Å²) in [6.45, 7) is 12.1. The van der Waals surface area contributed by atoms with E-state index in [2.05, 4.69) is 47.1 Å². The first-order valence-electron chi connectivity index (χ1n) is 5.57. The SMILES string of the molecule is CC(COC(C)C)CS(C)(C)C(C)C. The second kappa shape index (κ2) is 6.02. The summed E-state index contributed by atoms with van der Waals surface area (Å²) in [6, 6.07) is 0. The molecule has 0 fully saturated rings. The summed E-state index contributed by atoms with van der Waals surface area (Å²) >= 11 is 0. The third kappa shape index (κ3) is 5.92. The molecule has 88 valence electrons. The number of ether oxygens (including phenoxy) is 1. The molecule has 0 aromatic carbocycles. The lowest BCUT2D eigenvalue weighted by molar-refractivity contribution is 0.0601. The van der Waals surface area contributed by atoms with Gasteiger partial charge < -0.3 is 4.74 Å². The van der Waals surface area contributed by atoms with Crippen LogP contribution in [0.15, 0.2) is 0 Å². The van der Waals surface area contributed by atoms with Gasteiger partial charge in [-0.3, -0.25) is 0 Å². The molecule has 2 heteroatoms. The predicted molar refractivity (Wildman–Crippen MR) is 69.7 cm³/mol. The minimum Gasteiger partial charge on any atom is -0.378 e. The maximum absolute atomic E-state index is 5.64. The van der Waals surface area contributed by atoms with Gasteiger partial charge in [-0.05, 0) is 43.3 Å². The normalized spacial score (nSPS) is 16.4. The molecule has 0 bridgehead atoms. The molecule has 0 aliphatic carbocycles. The van der Waals surface area contributed by atoms with Gasteiger partial charge in [-0.2, -0.15) is 0 Å². The molecule has 1 nitrogen and oxygen atoms in total. The van der Waals surface area contributed by atoms with Crippen molar-refractivity contribution in [2.45, 2.75) is 46.0 Å². The van der Waals surface area contributed by atoms with Crippen LogP contribution >= 0.6 is 10.0 Å². The Bertz CT molecular complexity index is 152. The molecule has 0 N–H and O–H groups in total. The van der Waals surface area contributed by atoms with Gasteiger partial charge in [-0.15, -0.1) is 0 Å². The fourth-order valence-electron chi connectivity index (χ4n) is 1.33. The first-order chi connectivity index (χ1) is 6.25. The van der Waals surface area contributed by atoms with Crippen molar-refractivity contribution in [1.82, 2.24) is 0 Å². The maximum Gasteiger partial charge on any atom is 0.0519 e. The molecule has 0 spiro atoms. The van der Waals surface area contributed by atoms with Gasteiger partial charge in [-0.25, -0.2) is 10.0 Å². The fraction of sp³-hybridized carbons (Fsp3) is 1.00. The van der Waals surface area contributed by atoms with Gasteiger partial charge in [0, 0.05) is 0 Å². The largest absolute Gasteiger partial charge is 0.378 e. The summed E-state index contributed by atoms with van der Waals surface area (Å²) in [4.78, 5) is 0. The van der Waals surface area contributed by atoms with E-state index >= 15 is 0 Å². The Labute approximate surface area is 91.9 Å². The van der Waals surface area contributed by atoms with E-state index in [0.29, 0.717) is 12.0 Å². The Morgan fingerprint density at radius 2 is 1.50 bits per heavy atom. The predicted octanol–water partition coefficient (Wildman–Crippen LogP) is 3.52. The topological polar surface area (TPSA) is 9.23 Å². The van der Waals surface area contributed by atoms with Gasteiger partial charge in [-0.1, -0.05) is 20.8 Å². The van der Waals surface area contributed by atoms with Gasteiger partial charge >= 0.3 is 0 Å². The zero-order valence-corrected chi connectivity index (χ0v) is 11.8. The van der Waals surface area contributed by atoms with Crippen molar-refractivity contribution in [2.24, 2.45) is 5.92 Å². The van der Waals surface area contributed by atoms with Crippen molar-refractivity contribution in [1.29, 1.82) is 0 Å². The van der Waals surface area contributed by atoms with Crippen molar-refractivity contribution < 1.29 is 4.74 Å². The Morgan fingerprint density at radius 1 is 1.00 bits per heavy atom. The highest BCUT2D eigenvalue weighted by atomic mass is 32.3. The Morgan fingerprint density at radius 3 is 1.86 bits per heavy atom. The Kier molecular flexibility index (Phi) is 6.15. The smallest absolute Gasteiger partial charge is 0.0519 e. The molecule has 14 heavy (non-hydrogen) atoms. The van der Waals surface area contributed by atoms with Crippen molar-refractivity contribution in [3.63, 3.8) is 0 Å². The number of hydrogen-bond acceptors (Lipinski definition) is 1. The highest BCUT2D eigenvalue weighted by Gasteiger charge is 2.19. The van der Waals surface area contributed by atoms with Crippen LogP contribution in [0.3, 0.4) is 0 Å². The average Bonchev–Trinajstić information content (AvgIpc) is 1.99. The molecular formula is C12H28OS. The summed E-state index contributed by atoms with van der Waals surface area (Å²) in [5.74, 6) is 2.03. The summed E-state index contributed by atoms with van der Waals surface area (Å²) in [6.07, 6.45) is 5.24. The van der Waals surface area contributed by atoms with Crippen LogP contribution in [0.2, 0.25) is 0 Å². The molecule has 0 aromatic heterocycles. The molecule has 0 radical (unpaired) electrons. The minimum absolute atomic E-state index is 0.370. The summed E-state index contributed by atoms with van der Waals surface area (Å²) in [7, 11) is -0.425. The van der Waals surface area contributed by atoms with Crippen molar-refractivity contribution in [3.8, 4) is 0 Å². The van der Waals surface area contributed by atoms with Crippen LogP contribution in [-0.4, -0.2) is 36.2 Å². The van der Waals surface area contributed by atoms with Crippen LogP contribution in [0, 0.1) is 5.92 Å². The fourth-order valence-corrected chi connectivity index (χ4v) is 3.28. The second-order valence-corrected chi connectivity index (χ2v) is 9.85. The molecule has 0 aromatic rings. The lowest BCUT2D eigenvalue weighted by Gasteiger charge is -2.38. The molecule has 0 aliphatic heterocycles. The van der Waals surface area contributed by atoms with Gasteiger partial charge in [0.25, 0.3) is 0 Å². The minimum atomic E-state index is -0.425. The van der Waals surface area contributed by atoms with Crippen molar-refractivity contribution in [2.75, 3.05) is 24.9 Å². The Hall–Kier alpha value is 0.310. The third-order valence-corrected chi connectivity index (χ3v) is 6.68. The molecule has 0 saturated carbocycles. The zero-order chi connectivity index (χ0) is 11.4. The van der Waals surface area contributed by atoms with E-state index in [9.17, 15) is 0 Å². The van der Waals surface area contributed by atoms with Gasteiger partial charge in [0.1, 0.15) is 0 Å². The summed E-state index contributed by atoms with van der Waals surface area (Å²) in [5, 5.41) is 0.823. The number of rotatable bonds is 6. The van der Waals surface area contributed by atoms with Crippen molar-refractivity contribution >= 4 is 10.0 Å². The molecule has 1 atom stereocenters. The van der Waals surface area contributed by atoms with Crippen molar-refractivity contribution in [3.05, 3.63) is 0 Å². The zero-order valence-electron chi connectivity index (χ0n) is 11.0. The van der Waals surface area contributed by atoms with Crippen LogP contribution in [0.1, 0.15) is 34.6 Å². The monoisotopic (exact) mass is 220 g/mol. The van der Waals surface area contributed by atoms with E-state index in [4.69, 9.17) is 4.74 Å². The van der Waals surface area contributed by atoms with E-state index in [-0.39, 0.29) is 0 Å². The molecule has 0 rings (SSSR count). The standard InChI is InChI=1S/C12H28OS/c1-10(2)13-8-12(5)9-14(6,7)11(3)4/h10-12H,8-9H2,1-7H3. The van der Waals surface area contributed by atoms with Gasteiger partial charge in [0.05, 0.1) is 12.7 Å². The molecule has 0 saturated heterocycles. The van der Waals surface area contributed by atoms with Gasteiger partial charge in [0.2, 0.25) is 0 Å². The molecular weight excluding hydrogens is 192 g/mol. The van der Waals surface area contributed by atoms with E-state index in [0.717, 1.165) is 11.9 Å². The first-order valence-corrected chi connectivity index (χ1v) is 8.25. The van der Waals surface area contributed by atoms with E-state index < -0.39 is 10.0 Å². The molecule has 0 amide bonds. The van der Waals surface area contributed by atoms with E-state index in [1.807, 2.05) is 0 Å². The third-order valence-electron chi connectivity index (χ3n) is 2.70. The number of hydrogen-bond donors (Lipinski definition) is 0. The van der Waals surface area contributed by atoms with E-state index in [1.54, 1.807) is 0 Å². The summed E-state index contributed by atoms with van der Waals surface area (Å²) in [5.41, 5.74) is 0. The van der Waals surface area contributed by atoms with Crippen LogP contribution in [-0.2, 0) is 4.74 Å². The molecule has 0 heterocycles. The summed E-state index contributed by atoms with van der Waals surface area (Å²) < 4.78 is 5.64. The molecule has 1 unspecified atom stereocenters. The lowest BCUT2D eigenvalue weighted by Crippen LogP contribution is -2.21. The molecule has 0 aliphatic rings. The lowest BCUT2D eigenvalue weighted by atomic mass is 10.2. The average molecular weight is 220 g/mol. The first kappa shape index (κ1) is 14.3. The van der Waals surface area contributed by atoms with Gasteiger partial charge in [0.15, 0.2) is 0 Å². The Balaban J connectivity index is 3.87. The van der Waals surface area contributed by atoms with Crippen LogP contribution in [0.5, 0.6) is 0 Å². The van der Waals surface area contributed by atoms with Crippen LogP contribution in [0.25, 0.3) is 0 Å². The highest BCUT2D eigenvalue weighted by molar-refractivity contribution is 8.33. The van der Waals surface area contributed by atoms with E-state index in [1.165, 1.54) is 5.75 Å². The second-order valence-electron chi connectivity index (χ2n) is 5.33. The highest BCUT2D eigenvalue weighted by Crippen LogP contribution is 2.46. The maximum atomic E-state index is 5.64. The van der Waals surface area contributed by atoms with Crippen LogP contribution in [0.4, 0.5) is 0 Å². The van der Waals surface area contributed by atoms with Crippen LogP contribution < -0.4 is 0 Å².